The number of hydrogen-bond donors (Lipinski definition) is 3. The Hall–Kier alpha value is -1.10. The van der Waals surface area contributed by atoms with E-state index in [1.54, 1.807) is 6.92 Å². The van der Waals surface area contributed by atoms with Gasteiger partial charge in [0, 0.05) is 0 Å². The lowest BCUT2D eigenvalue weighted by molar-refractivity contribution is -0.142. The fraction of sp³-hybridized carbons (Fsp3) is 0.778. The Morgan fingerprint density at radius 1 is 1.64 bits per heavy atom. The van der Waals surface area contributed by atoms with Gasteiger partial charge in [0.15, 0.2) is 0 Å². The first-order chi connectivity index (χ1) is 6.65. The van der Waals surface area contributed by atoms with E-state index in [0.717, 1.165) is 19.4 Å². The number of rotatable bonds is 4. The van der Waals surface area contributed by atoms with E-state index in [2.05, 4.69) is 10.6 Å². The van der Waals surface area contributed by atoms with Crippen molar-refractivity contribution in [3.8, 4) is 0 Å². The topological polar surface area (TPSA) is 78.4 Å². The van der Waals surface area contributed by atoms with Gasteiger partial charge in [-0.15, -0.1) is 0 Å². The number of carboxylic acid groups (broad SMARTS) is 1. The minimum absolute atomic E-state index is 0.197. The van der Waals surface area contributed by atoms with Gasteiger partial charge < -0.3 is 15.7 Å². The molecule has 1 aliphatic rings. The minimum Gasteiger partial charge on any atom is -0.480 e. The Bertz CT molecular complexity index is 224. The fourth-order valence-electron chi connectivity index (χ4n) is 1.52. The SMILES string of the molecule is CC[C@H](NC(=O)C1CCCN1)C(=O)O. The summed E-state index contributed by atoms with van der Waals surface area (Å²) >= 11 is 0. The van der Waals surface area contributed by atoms with E-state index in [9.17, 15) is 9.59 Å². The van der Waals surface area contributed by atoms with Gasteiger partial charge in [0.05, 0.1) is 6.04 Å². The summed E-state index contributed by atoms with van der Waals surface area (Å²) in [6.07, 6.45) is 2.18. The Morgan fingerprint density at radius 2 is 2.36 bits per heavy atom. The molecule has 0 bridgehead atoms. The van der Waals surface area contributed by atoms with Crippen LogP contribution in [0.3, 0.4) is 0 Å². The van der Waals surface area contributed by atoms with Crippen LogP contribution in [0.4, 0.5) is 0 Å². The summed E-state index contributed by atoms with van der Waals surface area (Å²) in [5, 5.41) is 14.3. The van der Waals surface area contributed by atoms with E-state index in [1.807, 2.05) is 0 Å². The zero-order valence-corrected chi connectivity index (χ0v) is 8.25. The van der Waals surface area contributed by atoms with E-state index < -0.39 is 12.0 Å². The molecule has 0 spiro atoms. The average Bonchev–Trinajstić information content (AvgIpc) is 2.65. The Morgan fingerprint density at radius 3 is 2.79 bits per heavy atom. The minimum atomic E-state index is -0.973. The van der Waals surface area contributed by atoms with Gasteiger partial charge >= 0.3 is 5.97 Å². The maximum Gasteiger partial charge on any atom is 0.326 e. The summed E-state index contributed by atoms with van der Waals surface area (Å²) in [5.74, 6) is -1.17. The molecule has 1 fully saturated rings. The zero-order valence-electron chi connectivity index (χ0n) is 8.25. The van der Waals surface area contributed by atoms with Crippen LogP contribution >= 0.6 is 0 Å². The molecule has 14 heavy (non-hydrogen) atoms. The van der Waals surface area contributed by atoms with Crippen LogP contribution in [0.1, 0.15) is 26.2 Å². The predicted molar refractivity (Wildman–Crippen MR) is 50.9 cm³/mol. The highest BCUT2D eigenvalue weighted by Crippen LogP contribution is 2.05. The lowest BCUT2D eigenvalue weighted by atomic mass is 10.2. The van der Waals surface area contributed by atoms with Gasteiger partial charge in [0.2, 0.25) is 5.91 Å². The number of amides is 1. The first kappa shape index (κ1) is 11.0. The third-order valence-corrected chi connectivity index (χ3v) is 2.40. The molecular weight excluding hydrogens is 184 g/mol. The molecule has 1 saturated heterocycles. The second kappa shape index (κ2) is 4.95. The van der Waals surface area contributed by atoms with Crippen molar-refractivity contribution in [2.24, 2.45) is 0 Å². The van der Waals surface area contributed by atoms with Crippen molar-refractivity contribution in [3.63, 3.8) is 0 Å². The standard InChI is InChI=1S/C9H16N2O3/c1-2-6(9(13)14)11-8(12)7-4-3-5-10-7/h6-7,10H,2-5H2,1H3,(H,11,12)(H,13,14)/t6-,7?/m0/s1. The van der Waals surface area contributed by atoms with Crippen molar-refractivity contribution in [2.45, 2.75) is 38.3 Å². The van der Waals surface area contributed by atoms with Gasteiger partial charge in [0.1, 0.15) is 6.04 Å². The molecule has 0 saturated carbocycles. The molecule has 5 nitrogen and oxygen atoms in total. The summed E-state index contributed by atoms with van der Waals surface area (Å²) in [6, 6.07) is -0.965. The maximum absolute atomic E-state index is 11.5. The van der Waals surface area contributed by atoms with Crippen LogP contribution < -0.4 is 10.6 Å². The molecule has 3 N–H and O–H groups in total. The van der Waals surface area contributed by atoms with Crippen LogP contribution in [0.5, 0.6) is 0 Å². The van der Waals surface area contributed by atoms with Gasteiger partial charge in [-0.05, 0) is 25.8 Å². The molecule has 80 valence electrons. The zero-order chi connectivity index (χ0) is 10.6. The summed E-state index contributed by atoms with van der Waals surface area (Å²) in [4.78, 5) is 22.1. The third kappa shape index (κ3) is 2.70. The smallest absolute Gasteiger partial charge is 0.326 e. The van der Waals surface area contributed by atoms with E-state index >= 15 is 0 Å². The highest BCUT2D eigenvalue weighted by molar-refractivity contribution is 5.87. The van der Waals surface area contributed by atoms with Crippen LogP contribution in [0, 0.1) is 0 Å². The number of carbonyl (C=O) groups excluding carboxylic acids is 1. The number of carboxylic acids is 1. The molecule has 1 aliphatic heterocycles. The van der Waals surface area contributed by atoms with E-state index in [-0.39, 0.29) is 11.9 Å². The molecule has 0 aliphatic carbocycles. The van der Waals surface area contributed by atoms with Crippen LogP contribution in [-0.4, -0.2) is 35.6 Å². The number of aliphatic carboxylic acids is 1. The number of nitrogens with one attached hydrogen (secondary N) is 2. The van der Waals surface area contributed by atoms with Crippen LogP contribution in [-0.2, 0) is 9.59 Å². The largest absolute Gasteiger partial charge is 0.480 e. The molecule has 0 aromatic rings. The Balaban J connectivity index is 2.41. The van der Waals surface area contributed by atoms with E-state index in [4.69, 9.17) is 5.11 Å². The van der Waals surface area contributed by atoms with Crippen LogP contribution in [0.2, 0.25) is 0 Å². The molecule has 1 amide bonds. The number of hydrogen-bond acceptors (Lipinski definition) is 3. The lowest BCUT2D eigenvalue weighted by Crippen LogP contribution is -2.47. The van der Waals surface area contributed by atoms with Gasteiger partial charge in [-0.25, -0.2) is 4.79 Å². The summed E-state index contributed by atoms with van der Waals surface area (Å²) in [5.41, 5.74) is 0. The van der Waals surface area contributed by atoms with Crippen molar-refractivity contribution in [2.75, 3.05) is 6.54 Å². The molecular formula is C9H16N2O3. The summed E-state index contributed by atoms with van der Waals surface area (Å²) in [7, 11) is 0. The van der Waals surface area contributed by atoms with E-state index in [0.29, 0.717) is 6.42 Å². The quantitative estimate of drug-likeness (QED) is 0.583. The van der Waals surface area contributed by atoms with E-state index in [1.165, 1.54) is 0 Å². The van der Waals surface area contributed by atoms with Gasteiger partial charge in [-0.2, -0.15) is 0 Å². The van der Waals surface area contributed by atoms with Crippen molar-refractivity contribution in [1.29, 1.82) is 0 Å². The second-order valence-corrected chi connectivity index (χ2v) is 3.46. The van der Waals surface area contributed by atoms with Crippen LogP contribution in [0.25, 0.3) is 0 Å². The van der Waals surface area contributed by atoms with Crippen LogP contribution in [0.15, 0.2) is 0 Å². The Labute approximate surface area is 82.9 Å². The number of carbonyl (C=O) groups is 2. The lowest BCUT2D eigenvalue weighted by Gasteiger charge is -2.15. The normalized spacial score (nSPS) is 23.1. The third-order valence-electron chi connectivity index (χ3n) is 2.40. The summed E-state index contributed by atoms with van der Waals surface area (Å²) in [6.45, 7) is 2.57. The maximum atomic E-state index is 11.5. The molecule has 0 radical (unpaired) electrons. The Kier molecular flexibility index (Phi) is 3.88. The molecule has 1 unspecified atom stereocenters. The first-order valence-electron chi connectivity index (χ1n) is 4.91. The fourth-order valence-corrected chi connectivity index (χ4v) is 1.52. The molecule has 1 rings (SSSR count). The molecule has 5 heteroatoms. The van der Waals surface area contributed by atoms with Crippen molar-refractivity contribution < 1.29 is 14.7 Å². The molecule has 0 aromatic heterocycles. The van der Waals surface area contributed by atoms with Crippen molar-refractivity contribution in [3.05, 3.63) is 0 Å². The van der Waals surface area contributed by atoms with Gasteiger partial charge in [0.25, 0.3) is 0 Å². The highest BCUT2D eigenvalue weighted by atomic mass is 16.4. The monoisotopic (exact) mass is 200 g/mol. The highest BCUT2D eigenvalue weighted by Gasteiger charge is 2.25. The van der Waals surface area contributed by atoms with Gasteiger partial charge in [-0.1, -0.05) is 6.92 Å². The predicted octanol–water partition coefficient (Wildman–Crippen LogP) is -0.282. The first-order valence-corrected chi connectivity index (χ1v) is 4.91. The van der Waals surface area contributed by atoms with Crippen molar-refractivity contribution >= 4 is 11.9 Å². The molecule has 0 aromatic carbocycles. The average molecular weight is 200 g/mol. The second-order valence-electron chi connectivity index (χ2n) is 3.46. The van der Waals surface area contributed by atoms with Crippen molar-refractivity contribution in [1.82, 2.24) is 10.6 Å². The van der Waals surface area contributed by atoms with Gasteiger partial charge in [-0.3, -0.25) is 4.79 Å². The summed E-state index contributed by atoms with van der Waals surface area (Å²) < 4.78 is 0. The molecule has 1 heterocycles. The molecule has 2 atom stereocenters.